The van der Waals surface area contributed by atoms with E-state index in [1.54, 1.807) is 18.4 Å². The number of aromatic nitrogens is 3. The Balaban J connectivity index is 2.15. The van der Waals surface area contributed by atoms with Gasteiger partial charge in [-0.2, -0.15) is 5.10 Å². The van der Waals surface area contributed by atoms with Gasteiger partial charge in [0.25, 0.3) is 0 Å². The standard InChI is InChI=1S/C14H14N4OS/c1-8-16-11(7-20-8)13-12(14(15)18-17-13)9-4-3-5-10(6-9)19-2/h3-7H,1-2H3,(H3,15,17,18). The molecule has 0 amide bonds. The van der Waals surface area contributed by atoms with Crippen LogP contribution in [0.3, 0.4) is 0 Å². The van der Waals surface area contributed by atoms with Crippen molar-refractivity contribution in [3.63, 3.8) is 0 Å². The van der Waals surface area contributed by atoms with Crippen LogP contribution < -0.4 is 10.5 Å². The van der Waals surface area contributed by atoms with Gasteiger partial charge in [-0.3, -0.25) is 5.10 Å². The third kappa shape index (κ3) is 2.14. The zero-order valence-corrected chi connectivity index (χ0v) is 12.0. The van der Waals surface area contributed by atoms with Crippen LogP contribution >= 0.6 is 11.3 Å². The van der Waals surface area contributed by atoms with Gasteiger partial charge in [-0.05, 0) is 24.6 Å². The summed E-state index contributed by atoms with van der Waals surface area (Å²) in [5, 5.41) is 10.1. The van der Waals surface area contributed by atoms with E-state index in [9.17, 15) is 0 Å². The fraction of sp³-hybridized carbons (Fsp3) is 0.143. The van der Waals surface area contributed by atoms with Crippen LogP contribution in [0.5, 0.6) is 5.75 Å². The normalized spacial score (nSPS) is 10.7. The van der Waals surface area contributed by atoms with Crippen LogP contribution in [-0.4, -0.2) is 22.3 Å². The Morgan fingerprint density at radius 1 is 1.35 bits per heavy atom. The molecule has 0 atom stereocenters. The highest BCUT2D eigenvalue weighted by Crippen LogP contribution is 2.36. The van der Waals surface area contributed by atoms with Crippen molar-refractivity contribution < 1.29 is 4.74 Å². The number of aromatic amines is 1. The molecular weight excluding hydrogens is 272 g/mol. The maximum absolute atomic E-state index is 6.00. The van der Waals surface area contributed by atoms with E-state index in [-0.39, 0.29) is 0 Å². The summed E-state index contributed by atoms with van der Waals surface area (Å²) in [5.74, 6) is 1.24. The van der Waals surface area contributed by atoms with Crippen LogP contribution in [-0.2, 0) is 0 Å². The zero-order chi connectivity index (χ0) is 14.1. The molecule has 0 spiro atoms. The number of H-pyrrole nitrogens is 1. The molecule has 3 rings (SSSR count). The van der Waals surface area contributed by atoms with Crippen LogP contribution in [0.15, 0.2) is 29.6 Å². The van der Waals surface area contributed by atoms with E-state index < -0.39 is 0 Å². The first-order chi connectivity index (χ1) is 9.69. The molecule has 0 aliphatic carbocycles. The van der Waals surface area contributed by atoms with Gasteiger partial charge in [0, 0.05) is 5.38 Å². The first-order valence-corrected chi connectivity index (χ1v) is 6.97. The minimum absolute atomic E-state index is 0.457. The number of aryl methyl sites for hydroxylation is 1. The average molecular weight is 286 g/mol. The number of nitrogens with two attached hydrogens (primary N) is 1. The minimum atomic E-state index is 0.457. The van der Waals surface area contributed by atoms with Gasteiger partial charge >= 0.3 is 0 Å². The largest absolute Gasteiger partial charge is 0.497 e. The van der Waals surface area contributed by atoms with Crippen molar-refractivity contribution in [2.45, 2.75) is 6.92 Å². The molecule has 0 saturated carbocycles. The summed E-state index contributed by atoms with van der Waals surface area (Å²) in [6.45, 7) is 1.97. The lowest BCUT2D eigenvalue weighted by molar-refractivity contribution is 0.415. The molecule has 5 nitrogen and oxygen atoms in total. The molecular formula is C14H14N4OS. The number of hydrogen-bond acceptors (Lipinski definition) is 5. The number of benzene rings is 1. The number of methoxy groups -OCH3 is 1. The molecule has 20 heavy (non-hydrogen) atoms. The number of nitrogens with one attached hydrogen (secondary N) is 1. The predicted octanol–water partition coefficient (Wildman–Crippen LogP) is 3.10. The number of nitrogen functional groups attached to an aromatic ring is 1. The quantitative estimate of drug-likeness (QED) is 0.775. The van der Waals surface area contributed by atoms with Crippen molar-refractivity contribution in [2.75, 3.05) is 12.8 Å². The maximum Gasteiger partial charge on any atom is 0.153 e. The van der Waals surface area contributed by atoms with E-state index in [2.05, 4.69) is 15.2 Å². The lowest BCUT2D eigenvalue weighted by Crippen LogP contribution is -1.90. The summed E-state index contributed by atoms with van der Waals surface area (Å²) >= 11 is 1.60. The molecule has 0 fully saturated rings. The van der Waals surface area contributed by atoms with E-state index in [4.69, 9.17) is 10.5 Å². The Morgan fingerprint density at radius 3 is 2.90 bits per heavy atom. The first-order valence-electron chi connectivity index (χ1n) is 6.10. The molecule has 0 aliphatic heterocycles. The molecule has 0 saturated heterocycles. The van der Waals surface area contributed by atoms with Gasteiger partial charge in [-0.25, -0.2) is 4.98 Å². The van der Waals surface area contributed by atoms with E-state index in [0.29, 0.717) is 5.82 Å². The molecule has 1 aromatic carbocycles. The molecule has 6 heteroatoms. The van der Waals surface area contributed by atoms with Crippen LogP contribution in [0, 0.1) is 6.92 Å². The topological polar surface area (TPSA) is 76.8 Å². The minimum Gasteiger partial charge on any atom is -0.497 e. The Hall–Kier alpha value is -2.34. The van der Waals surface area contributed by atoms with Gasteiger partial charge in [0.15, 0.2) is 5.82 Å². The Bertz CT molecular complexity index is 747. The van der Waals surface area contributed by atoms with E-state index in [1.807, 2.05) is 36.6 Å². The zero-order valence-electron chi connectivity index (χ0n) is 11.2. The smallest absolute Gasteiger partial charge is 0.153 e. The Labute approximate surface area is 120 Å². The molecule has 3 aromatic rings. The number of thiazole rings is 1. The van der Waals surface area contributed by atoms with Crippen molar-refractivity contribution >= 4 is 17.2 Å². The van der Waals surface area contributed by atoms with Gasteiger partial charge in [0.05, 0.1) is 29.1 Å². The number of hydrogen-bond donors (Lipinski definition) is 2. The SMILES string of the molecule is COc1cccc(-c2c(N)n[nH]c2-c2csc(C)n2)c1. The summed E-state index contributed by atoms with van der Waals surface area (Å²) in [6, 6.07) is 7.74. The first kappa shape index (κ1) is 12.7. The molecule has 0 unspecified atom stereocenters. The third-order valence-electron chi connectivity index (χ3n) is 3.03. The number of anilines is 1. The Kier molecular flexibility index (Phi) is 3.15. The summed E-state index contributed by atoms with van der Waals surface area (Å²) in [4.78, 5) is 4.48. The molecule has 2 aromatic heterocycles. The van der Waals surface area contributed by atoms with Gasteiger partial charge in [-0.1, -0.05) is 12.1 Å². The average Bonchev–Trinajstić information content (AvgIpc) is 3.05. The van der Waals surface area contributed by atoms with Crippen LogP contribution in [0.25, 0.3) is 22.5 Å². The van der Waals surface area contributed by atoms with Gasteiger partial charge in [-0.15, -0.1) is 11.3 Å². The number of nitrogens with zero attached hydrogens (tertiary/aromatic N) is 2. The van der Waals surface area contributed by atoms with Crippen molar-refractivity contribution in [2.24, 2.45) is 0 Å². The van der Waals surface area contributed by atoms with E-state index in [0.717, 1.165) is 33.3 Å². The van der Waals surface area contributed by atoms with Gasteiger partial charge in [0.1, 0.15) is 5.75 Å². The molecule has 3 N–H and O–H groups in total. The molecule has 0 radical (unpaired) electrons. The van der Waals surface area contributed by atoms with Crippen LogP contribution in [0.2, 0.25) is 0 Å². The molecule has 0 bridgehead atoms. The summed E-state index contributed by atoms with van der Waals surface area (Å²) in [6.07, 6.45) is 0. The van der Waals surface area contributed by atoms with E-state index in [1.165, 1.54) is 0 Å². The Morgan fingerprint density at radius 2 is 2.20 bits per heavy atom. The third-order valence-corrected chi connectivity index (χ3v) is 3.80. The van der Waals surface area contributed by atoms with Crippen molar-refractivity contribution in [1.29, 1.82) is 0 Å². The summed E-state index contributed by atoms with van der Waals surface area (Å²) < 4.78 is 5.26. The number of ether oxygens (including phenoxy) is 1. The number of rotatable bonds is 3. The lowest BCUT2D eigenvalue weighted by Gasteiger charge is -2.05. The van der Waals surface area contributed by atoms with Crippen molar-refractivity contribution in [3.05, 3.63) is 34.7 Å². The predicted molar refractivity (Wildman–Crippen MR) is 80.8 cm³/mol. The van der Waals surface area contributed by atoms with Crippen LogP contribution in [0.4, 0.5) is 5.82 Å². The highest BCUT2D eigenvalue weighted by molar-refractivity contribution is 7.09. The summed E-state index contributed by atoms with van der Waals surface area (Å²) in [7, 11) is 1.64. The fourth-order valence-electron chi connectivity index (χ4n) is 2.09. The van der Waals surface area contributed by atoms with Crippen LogP contribution in [0.1, 0.15) is 5.01 Å². The van der Waals surface area contributed by atoms with Crippen molar-refractivity contribution in [1.82, 2.24) is 15.2 Å². The second kappa shape index (κ2) is 4.97. The highest BCUT2D eigenvalue weighted by Gasteiger charge is 2.17. The second-order valence-corrected chi connectivity index (χ2v) is 5.40. The maximum atomic E-state index is 6.00. The fourth-order valence-corrected chi connectivity index (χ4v) is 2.69. The van der Waals surface area contributed by atoms with Gasteiger partial charge in [0.2, 0.25) is 0 Å². The van der Waals surface area contributed by atoms with Crippen molar-refractivity contribution in [3.8, 4) is 28.3 Å². The highest BCUT2D eigenvalue weighted by atomic mass is 32.1. The van der Waals surface area contributed by atoms with Gasteiger partial charge < -0.3 is 10.5 Å². The lowest BCUT2D eigenvalue weighted by atomic mass is 10.0. The second-order valence-electron chi connectivity index (χ2n) is 4.34. The molecule has 102 valence electrons. The summed E-state index contributed by atoms with van der Waals surface area (Å²) in [5.41, 5.74) is 9.50. The monoisotopic (exact) mass is 286 g/mol. The molecule has 2 heterocycles. The molecule has 0 aliphatic rings. The van der Waals surface area contributed by atoms with E-state index >= 15 is 0 Å².